The molecule has 2 aromatic carbocycles. The molecule has 0 unspecified atom stereocenters. The number of methoxy groups -OCH3 is 1. The van der Waals surface area contributed by atoms with Crippen LogP contribution < -0.4 is 5.73 Å². The summed E-state index contributed by atoms with van der Waals surface area (Å²) in [4.78, 5) is 17.2. The van der Waals surface area contributed by atoms with Gasteiger partial charge in [-0.1, -0.05) is 73.5 Å². The molecule has 0 aliphatic heterocycles. The Morgan fingerprint density at radius 1 is 1.19 bits per heavy atom. The number of hydrogen-bond donors (Lipinski definition) is 3. The van der Waals surface area contributed by atoms with Crippen LogP contribution in [-0.2, 0) is 28.0 Å². The molecule has 0 saturated carbocycles. The third-order valence-corrected chi connectivity index (χ3v) is 6.86. The van der Waals surface area contributed by atoms with E-state index in [1.165, 1.54) is 7.11 Å². The molecule has 1 atom stereocenters. The summed E-state index contributed by atoms with van der Waals surface area (Å²) in [5, 5.41) is 14.6. The number of aromatic amines is 1. The van der Waals surface area contributed by atoms with E-state index in [2.05, 4.69) is 45.2 Å². The number of thiol groups is 1. The molecular weight excluding hydrogens is 498 g/mol. The third-order valence-electron chi connectivity index (χ3n) is 6.10. The molecule has 0 radical (unpaired) electrons. The predicted octanol–water partition coefficient (Wildman–Crippen LogP) is 4.03. The fourth-order valence-corrected chi connectivity index (χ4v) is 4.83. The highest BCUT2D eigenvalue weighted by atomic mass is 35.5. The van der Waals surface area contributed by atoms with Crippen LogP contribution in [0.1, 0.15) is 36.8 Å². The summed E-state index contributed by atoms with van der Waals surface area (Å²) in [5.74, 6) is 0.700. The van der Waals surface area contributed by atoms with Crippen molar-refractivity contribution in [1.82, 2.24) is 30.2 Å². The van der Waals surface area contributed by atoms with Gasteiger partial charge < -0.3 is 15.0 Å². The van der Waals surface area contributed by atoms with E-state index in [1.54, 1.807) is 0 Å². The first-order valence-corrected chi connectivity index (χ1v) is 12.6. The Morgan fingerprint density at radius 2 is 1.92 bits per heavy atom. The summed E-state index contributed by atoms with van der Waals surface area (Å²) < 4.78 is 6.91. The van der Waals surface area contributed by atoms with Gasteiger partial charge >= 0.3 is 5.97 Å². The minimum atomic E-state index is -1.53. The van der Waals surface area contributed by atoms with Crippen molar-refractivity contribution >= 4 is 30.2 Å². The normalized spacial score (nSPS) is 12.9. The van der Waals surface area contributed by atoms with Crippen LogP contribution in [0.25, 0.3) is 22.5 Å². The van der Waals surface area contributed by atoms with Crippen LogP contribution in [0.5, 0.6) is 0 Å². The lowest BCUT2D eigenvalue weighted by molar-refractivity contribution is -0.146. The number of nitrogens with two attached hydrogens (primary N) is 1. The lowest BCUT2D eigenvalue weighted by Crippen LogP contribution is -2.49. The fraction of sp³-hybridized carbons (Fsp3) is 0.320. The number of hydrogen-bond acceptors (Lipinski definition) is 8. The van der Waals surface area contributed by atoms with Gasteiger partial charge in [-0.15, -0.1) is 10.2 Å². The van der Waals surface area contributed by atoms with Crippen LogP contribution in [0.3, 0.4) is 0 Å². The molecular formula is C25H28ClN7O2S. The number of unbranched alkanes of at least 4 members (excludes halogenated alkanes) is 1. The molecule has 0 saturated heterocycles. The fourth-order valence-electron chi connectivity index (χ4n) is 4.18. The van der Waals surface area contributed by atoms with Crippen molar-refractivity contribution in [3.63, 3.8) is 0 Å². The van der Waals surface area contributed by atoms with Crippen molar-refractivity contribution in [2.24, 2.45) is 5.73 Å². The number of aryl methyl sites for hydroxylation is 1. The molecule has 36 heavy (non-hydrogen) atoms. The number of carbonyl (C=O) groups excluding carboxylic acids is 1. The Morgan fingerprint density at radius 3 is 2.53 bits per heavy atom. The van der Waals surface area contributed by atoms with Crippen molar-refractivity contribution in [1.29, 1.82) is 0 Å². The second-order valence-corrected chi connectivity index (χ2v) is 9.13. The molecule has 0 fully saturated rings. The number of nitrogens with zero attached hydrogens (tertiary/aromatic N) is 5. The lowest BCUT2D eigenvalue weighted by atomic mass is 9.97. The molecule has 0 bridgehead atoms. The van der Waals surface area contributed by atoms with Crippen LogP contribution in [0.4, 0.5) is 0 Å². The van der Waals surface area contributed by atoms with Gasteiger partial charge in [-0.2, -0.15) is 17.8 Å². The highest BCUT2D eigenvalue weighted by molar-refractivity contribution is 7.80. The first-order chi connectivity index (χ1) is 17.4. The topological polar surface area (TPSA) is 125 Å². The maximum absolute atomic E-state index is 12.7. The SMILES string of the molecule is CCCCc1nc(Cl)c([C@@](N)(CS)C(=O)OC)n1Cc1ccc(-c2ccccc2-c2nn[nH]n2)cc1. The number of nitrogens with one attached hydrogen (secondary N) is 1. The van der Waals surface area contributed by atoms with Crippen molar-refractivity contribution in [2.45, 2.75) is 38.3 Å². The Hall–Kier alpha value is -3.21. The summed E-state index contributed by atoms with van der Waals surface area (Å²) in [5.41, 5.74) is 9.26. The number of rotatable bonds is 10. The second kappa shape index (κ2) is 11.2. The zero-order valence-corrected chi connectivity index (χ0v) is 21.8. The quantitative estimate of drug-likeness (QED) is 0.211. The van der Waals surface area contributed by atoms with E-state index in [4.69, 9.17) is 22.1 Å². The molecule has 0 aliphatic rings. The maximum atomic E-state index is 12.7. The minimum absolute atomic E-state index is 0.0180. The minimum Gasteiger partial charge on any atom is -0.467 e. The number of benzene rings is 2. The summed E-state index contributed by atoms with van der Waals surface area (Å²) in [7, 11) is 1.30. The van der Waals surface area contributed by atoms with E-state index in [1.807, 2.05) is 53.1 Å². The Bertz CT molecular complexity index is 1320. The summed E-state index contributed by atoms with van der Waals surface area (Å²) >= 11 is 10.9. The summed E-state index contributed by atoms with van der Waals surface area (Å²) in [6, 6.07) is 16.0. The number of H-pyrrole nitrogens is 1. The van der Waals surface area contributed by atoms with Gasteiger partial charge in [0.25, 0.3) is 0 Å². The average Bonchev–Trinajstić information content (AvgIpc) is 3.55. The van der Waals surface area contributed by atoms with Crippen molar-refractivity contribution in [3.05, 3.63) is 70.8 Å². The number of tetrazole rings is 1. The highest BCUT2D eigenvalue weighted by Gasteiger charge is 2.42. The molecule has 4 aromatic rings. The summed E-state index contributed by atoms with van der Waals surface area (Å²) in [6.07, 6.45) is 2.62. The van der Waals surface area contributed by atoms with Crippen molar-refractivity contribution in [3.8, 4) is 22.5 Å². The predicted molar refractivity (Wildman–Crippen MR) is 142 cm³/mol. The molecule has 0 aliphatic carbocycles. The molecule has 2 aromatic heterocycles. The van der Waals surface area contributed by atoms with Crippen molar-refractivity contribution in [2.75, 3.05) is 12.9 Å². The molecule has 188 valence electrons. The third kappa shape index (κ3) is 5.02. The largest absolute Gasteiger partial charge is 0.467 e. The second-order valence-electron chi connectivity index (χ2n) is 8.46. The molecule has 3 N–H and O–H groups in total. The monoisotopic (exact) mass is 525 g/mol. The van der Waals surface area contributed by atoms with Gasteiger partial charge in [-0.25, -0.2) is 9.78 Å². The van der Waals surface area contributed by atoms with Crippen LogP contribution in [0.2, 0.25) is 5.15 Å². The Labute approximate surface area is 219 Å². The number of carbonyl (C=O) groups is 1. The Balaban J connectivity index is 1.71. The molecule has 9 nitrogen and oxygen atoms in total. The van der Waals surface area contributed by atoms with Crippen LogP contribution in [-0.4, -0.2) is 49.0 Å². The van der Waals surface area contributed by atoms with Gasteiger partial charge in [0.1, 0.15) is 5.82 Å². The first kappa shape index (κ1) is 25.9. The molecule has 2 heterocycles. The van der Waals surface area contributed by atoms with Gasteiger partial charge in [0.05, 0.1) is 12.8 Å². The van der Waals surface area contributed by atoms with Crippen LogP contribution >= 0.6 is 24.2 Å². The number of halogens is 1. The van der Waals surface area contributed by atoms with E-state index < -0.39 is 11.5 Å². The summed E-state index contributed by atoms with van der Waals surface area (Å²) in [6.45, 7) is 2.54. The molecule has 4 rings (SSSR count). The number of imidazole rings is 1. The molecule has 11 heteroatoms. The highest BCUT2D eigenvalue weighted by Crippen LogP contribution is 2.33. The standard InChI is InChI=1S/C25H28ClN7O2S/c1-3-4-9-20-28-22(26)21(25(27,15-36)24(34)35-2)33(20)14-16-10-12-17(13-11-16)18-7-5-6-8-19(18)23-29-31-32-30-23/h5-8,10-13,36H,3-4,9,14-15,27H2,1-2H3,(H,29,30,31,32)/t25-/m0/s1. The van der Waals surface area contributed by atoms with E-state index in [0.29, 0.717) is 24.5 Å². The molecule has 0 spiro atoms. The van der Waals surface area contributed by atoms with E-state index in [0.717, 1.165) is 40.9 Å². The van der Waals surface area contributed by atoms with E-state index in [-0.39, 0.29) is 10.9 Å². The van der Waals surface area contributed by atoms with Gasteiger partial charge in [0.15, 0.2) is 10.7 Å². The lowest BCUT2D eigenvalue weighted by Gasteiger charge is -2.27. The number of esters is 1. The molecule has 0 amide bonds. The van der Waals surface area contributed by atoms with Crippen LogP contribution in [0.15, 0.2) is 48.5 Å². The van der Waals surface area contributed by atoms with E-state index >= 15 is 0 Å². The number of aromatic nitrogens is 6. The average molecular weight is 526 g/mol. The van der Waals surface area contributed by atoms with Gasteiger partial charge in [0.2, 0.25) is 5.82 Å². The number of ether oxygens (including phenoxy) is 1. The first-order valence-electron chi connectivity index (χ1n) is 11.6. The van der Waals surface area contributed by atoms with E-state index in [9.17, 15) is 4.79 Å². The Kier molecular flexibility index (Phi) is 8.07. The van der Waals surface area contributed by atoms with Gasteiger partial charge in [0, 0.05) is 24.3 Å². The smallest absolute Gasteiger partial charge is 0.333 e. The van der Waals surface area contributed by atoms with Crippen molar-refractivity contribution < 1.29 is 9.53 Å². The van der Waals surface area contributed by atoms with Gasteiger partial charge in [-0.3, -0.25) is 0 Å². The zero-order chi connectivity index (χ0) is 25.7. The van der Waals surface area contributed by atoms with Gasteiger partial charge in [-0.05, 0) is 28.3 Å². The maximum Gasteiger partial charge on any atom is 0.333 e. The van der Waals surface area contributed by atoms with Crippen LogP contribution in [0, 0.1) is 0 Å². The zero-order valence-electron chi connectivity index (χ0n) is 20.1.